The number of benzene rings is 2. The molecular formula is C26H25N3O4S. The first kappa shape index (κ1) is 23.5. The number of aryl methyl sites for hydroxylation is 1. The van der Waals surface area contributed by atoms with E-state index in [1.54, 1.807) is 12.1 Å². The van der Waals surface area contributed by atoms with Crippen molar-refractivity contribution in [2.75, 3.05) is 18.2 Å². The molecule has 0 radical (unpaired) electrons. The van der Waals surface area contributed by atoms with E-state index >= 15 is 0 Å². The monoisotopic (exact) mass is 475 g/mol. The molecule has 2 aromatic carbocycles. The maximum Gasteiger partial charge on any atom is 0.234 e. The Kier molecular flexibility index (Phi) is 6.94. The van der Waals surface area contributed by atoms with Crippen molar-refractivity contribution in [1.82, 2.24) is 5.32 Å². The number of para-hydroxylation sites is 1. The molecule has 8 heteroatoms. The zero-order chi connectivity index (χ0) is 24.2. The van der Waals surface area contributed by atoms with Crippen LogP contribution in [0.1, 0.15) is 36.3 Å². The average molecular weight is 476 g/mol. The molecule has 0 fully saturated rings. The molecule has 4 rings (SSSR count). The Balaban J connectivity index is 1.66. The van der Waals surface area contributed by atoms with E-state index < -0.39 is 5.92 Å². The third-order valence-electron chi connectivity index (χ3n) is 5.97. The second-order valence-electron chi connectivity index (χ2n) is 8.16. The molecule has 34 heavy (non-hydrogen) atoms. The fourth-order valence-electron chi connectivity index (χ4n) is 4.28. The first-order chi connectivity index (χ1) is 16.4. The number of amides is 1. The van der Waals surface area contributed by atoms with Crippen molar-refractivity contribution in [1.29, 1.82) is 5.26 Å². The highest BCUT2D eigenvalue weighted by molar-refractivity contribution is 8.03. The van der Waals surface area contributed by atoms with Gasteiger partial charge in [0.15, 0.2) is 17.3 Å². The van der Waals surface area contributed by atoms with Gasteiger partial charge in [-0.1, -0.05) is 36.0 Å². The number of dihydropyridines is 1. The highest BCUT2D eigenvalue weighted by Gasteiger charge is 2.37. The standard InChI is InChI=1S/C26H25N3O4S/c1-15-6-3-4-7-18(15)28-23(32)14-34-26-17(13-27)24(16-10-11-20(30)22(12-16)33-2)25-19(29-26)8-5-9-21(25)31/h3-4,6-7,10-12,24,29-30H,5,8-9,14H2,1-2H3,(H,28,32). The Morgan fingerprint density at radius 2 is 2.09 bits per heavy atom. The van der Waals surface area contributed by atoms with Gasteiger partial charge >= 0.3 is 0 Å². The molecule has 0 saturated carbocycles. The number of allylic oxidation sites excluding steroid dienone is 3. The molecule has 3 N–H and O–H groups in total. The van der Waals surface area contributed by atoms with Gasteiger partial charge in [-0.2, -0.15) is 5.26 Å². The van der Waals surface area contributed by atoms with Crippen molar-refractivity contribution in [3.63, 3.8) is 0 Å². The van der Waals surface area contributed by atoms with Crippen LogP contribution < -0.4 is 15.4 Å². The zero-order valence-electron chi connectivity index (χ0n) is 19.0. The van der Waals surface area contributed by atoms with E-state index in [-0.39, 0.29) is 28.9 Å². The maximum absolute atomic E-state index is 12.9. The molecule has 0 bridgehead atoms. The van der Waals surface area contributed by atoms with Gasteiger partial charge in [0.2, 0.25) is 5.91 Å². The van der Waals surface area contributed by atoms with E-state index in [1.807, 2.05) is 31.2 Å². The number of anilines is 1. The lowest BCUT2D eigenvalue weighted by Gasteiger charge is -2.33. The Morgan fingerprint density at radius 3 is 2.82 bits per heavy atom. The summed E-state index contributed by atoms with van der Waals surface area (Å²) in [7, 11) is 1.45. The number of carbonyl (C=O) groups excluding carboxylic acids is 2. The summed E-state index contributed by atoms with van der Waals surface area (Å²) < 4.78 is 5.26. The van der Waals surface area contributed by atoms with Crippen LogP contribution in [0.25, 0.3) is 0 Å². The zero-order valence-corrected chi connectivity index (χ0v) is 19.8. The number of hydrogen-bond acceptors (Lipinski definition) is 7. The Bertz CT molecular complexity index is 1260. The fourth-order valence-corrected chi connectivity index (χ4v) is 5.14. The molecule has 1 unspecified atom stereocenters. The van der Waals surface area contributed by atoms with Crippen molar-refractivity contribution in [2.24, 2.45) is 0 Å². The second kappa shape index (κ2) is 10.1. The van der Waals surface area contributed by atoms with E-state index in [0.717, 1.165) is 23.4 Å². The Morgan fingerprint density at radius 1 is 1.29 bits per heavy atom. The van der Waals surface area contributed by atoms with Crippen LogP contribution in [0.2, 0.25) is 0 Å². The molecule has 2 aliphatic rings. The minimum absolute atomic E-state index is 0.000104. The molecule has 1 heterocycles. The van der Waals surface area contributed by atoms with E-state index in [1.165, 1.54) is 24.9 Å². The minimum Gasteiger partial charge on any atom is -0.504 e. The number of Topliss-reactive ketones (excluding diaryl/α,β-unsaturated/α-hetero) is 1. The normalized spacial score (nSPS) is 17.6. The number of nitrogens with one attached hydrogen (secondary N) is 2. The molecule has 0 spiro atoms. The Labute approximate surface area is 202 Å². The van der Waals surface area contributed by atoms with Gasteiger partial charge in [-0.3, -0.25) is 9.59 Å². The first-order valence-corrected chi connectivity index (χ1v) is 11.9. The summed E-state index contributed by atoms with van der Waals surface area (Å²) in [4.78, 5) is 25.6. The van der Waals surface area contributed by atoms with Crippen LogP contribution in [0.3, 0.4) is 0 Å². The number of rotatable bonds is 6. The number of aromatic hydroxyl groups is 1. The van der Waals surface area contributed by atoms with Gasteiger partial charge in [0.05, 0.1) is 35.5 Å². The fraction of sp³-hybridized carbons (Fsp3) is 0.269. The summed E-state index contributed by atoms with van der Waals surface area (Å²) in [6.45, 7) is 1.92. The lowest BCUT2D eigenvalue weighted by atomic mass is 9.77. The predicted molar refractivity (Wildman–Crippen MR) is 131 cm³/mol. The number of thioether (sulfide) groups is 1. The number of ketones is 1. The van der Waals surface area contributed by atoms with Crippen LogP contribution >= 0.6 is 11.8 Å². The Hall–Kier alpha value is -3.70. The molecule has 1 aliphatic heterocycles. The minimum atomic E-state index is -0.592. The van der Waals surface area contributed by atoms with Crippen LogP contribution in [-0.4, -0.2) is 29.7 Å². The number of hydrogen-bond donors (Lipinski definition) is 3. The average Bonchev–Trinajstić information content (AvgIpc) is 2.84. The number of methoxy groups -OCH3 is 1. The van der Waals surface area contributed by atoms with Gasteiger partial charge in [0.25, 0.3) is 0 Å². The largest absolute Gasteiger partial charge is 0.504 e. The summed E-state index contributed by atoms with van der Waals surface area (Å²) in [6, 6.07) is 14.7. The number of carbonyl (C=O) groups is 2. The van der Waals surface area contributed by atoms with Crippen molar-refractivity contribution in [3.05, 3.63) is 75.5 Å². The van der Waals surface area contributed by atoms with E-state index in [2.05, 4.69) is 16.7 Å². The summed E-state index contributed by atoms with van der Waals surface area (Å²) in [5.74, 6) is -0.428. The van der Waals surface area contributed by atoms with Gasteiger partial charge in [-0.15, -0.1) is 0 Å². The van der Waals surface area contributed by atoms with Crippen LogP contribution in [0, 0.1) is 18.3 Å². The highest BCUT2D eigenvalue weighted by atomic mass is 32.2. The summed E-state index contributed by atoms with van der Waals surface area (Å²) in [5, 5.41) is 26.9. The van der Waals surface area contributed by atoms with E-state index in [4.69, 9.17) is 4.74 Å². The van der Waals surface area contributed by atoms with Crippen LogP contribution in [-0.2, 0) is 9.59 Å². The third kappa shape index (κ3) is 4.66. The van der Waals surface area contributed by atoms with Crippen molar-refractivity contribution in [2.45, 2.75) is 32.1 Å². The first-order valence-electron chi connectivity index (χ1n) is 11.0. The maximum atomic E-state index is 12.9. The van der Waals surface area contributed by atoms with Crippen molar-refractivity contribution < 1.29 is 19.4 Å². The molecule has 174 valence electrons. The molecular weight excluding hydrogens is 450 g/mol. The molecule has 7 nitrogen and oxygen atoms in total. The van der Waals surface area contributed by atoms with E-state index in [0.29, 0.717) is 34.6 Å². The van der Waals surface area contributed by atoms with Gasteiger partial charge in [0, 0.05) is 23.4 Å². The van der Waals surface area contributed by atoms with E-state index in [9.17, 15) is 20.0 Å². The number of phenols is 1. The molecule has 1 amide bonds. The van der Waals surface area contributed by atoms with Crippen LogP contribution in [0.5, 0.6) is 11.5 Å². The van der Waals surface area contributed by atoms with Crippen LogP contribution in [0.4, 0.5) is 5.69 Å². The summed E-state index contributed by atoms with van der Waals surface area (Å²) in [6.07, 6.45) is 1.83. The van der Waals surface area contributed by atoms with Gasteiger partial charge in [0.1, 0.15) is 0 Å². The quantitative estimate of drug-likeness (QED) is 0.564. The number of nitriles is 1. The third-order valence-corrected chi connectivity index (χ3v) is 6.98. The lowest BCUT2D eigenvalue weighted by Crippen LogP contribution is -2.31. The summed E-state index contributed by atoms with van der Waals surface area (Å²) in [5.41, 5.74) is 4.12. The molecule has 1 atom stereocenters. The smallest absolute Gasteiger partial charge is 0.234 e. The molecule has 2 aromatic rings. The highest BCUT2D eigenvalue weighted by Crippen LogP contribution is 2.45. The number of nitrogens with zero attached hydrogens (tertiary/aromatic N) is 1. The molecule has 0 aromatic heterocycles. The number of ether oxygens (including phenoxy) is 1. The van der Waals surface area contributed by atoms with Gasteiger partial charge in [-0.05, 0) is 49.1 Å². The topological polar surface area (TPSA) is 111 Å². The van der Waals surface area contributed by atoms with Crippen molar-refractivity contribution >= 4 is 29.1 Å². The predicted octanol–water partition coefficient (Wildman–Crippen LogP) is 4.51. The van der Waals surface area contributed by atoms with Gasteiger partial charge in [-0.25, -0.2) is 0 Å². The van der Waals surface area contributed by atoms with Gasteiger partial charge < -0.3 is 20.5 Å². The summed E-state index contributed by atoms with van der Waals surface area (Å²) >= 11 is 1.24. The molecule has 1 aliphatic carbocycles. The SMILES string of the molecule is COc1cc(C2C(C#N)=C(SCC(=O)Nc3ccccc3C)NC3=C2C(=O)CCC3)ccc1O. The van der Waals surface area contributed by atoms with Crippen LogP contribution in [0.15, 0.2) is 64.3 Å². The number of phenolic OH excluding ortho intramolecular Hbond substituents is 1. The van der Waals surface area contributed by atoms with Crippen molar-refractivity contribution in [3.8, 4) is 17.6 Å². The lowest BCUT2D eigenvalue weighted by molar-refractivity contribution is -0.116. The molecule has 0 saturated heterocycles. The second-order valence-corrected chi connectivity index (χ2v) is 9.15.